The first-order chi connectivity index (χ1) is 12.0. The van der Waals surface area contributed by atoms with Gasteiger partial charge in [-0.15, -0.1) is 5.10 Å². The van der Waals surface area contributed by atoms with E-state index in [9.17, 15) is 9.90 Å². The van der Waals surface area contributed by atoms with Gasteiger partial charge in [-0.1, -0.05) is 39.8 Å². The number of anilines is 1. The summed E-state index contributed by atoms with van der Waals surface area (Å²) >= 11 is 4.60. The Labute approximate surface area is 157 Å². The number of aromatic hydroxyl groups is 1. The molecule has 1 atom stereocenters. The van der Waals surface area contributed by atoms with E-state index in [0.717, 1.165) is 10.2 Å². The maximum atomic E-state index is 12.3. The summed E-state index contributed by atoms with van der Waals surface area (Å²) in [5, 5.41) is 19.7. The number of phenols is 1. The van der Waals surface area contributed by atoms with Crippen LogP contribution in [0, 0.1) is 0 Å². The molecule has 0 aliphatic heterocycles. The molecule has 3 N–H and O–H groups in total. The number of nitrogens with one attached hydrogen (secondary N) is 2. The third kappa shape index (κ3) is 4.40. The molecule has 3 rings (SSSR count). The lowest BCUT2D eigenvalue weighted by molar-refractivity contribution is -0.115. The highest BCUT2D eigenvalue weighted by molar-refractivity contribution is 9.10. The molecule has 0 bridgehead atoms. The summed E-state index contributed by atoms with van der Waals surface area (Å²) in [6.07, 6.45) is 0. The van der Waals surface area contributed by atoms with Crippen LogP contribution >= 0.6 is 27.7 Å². The van der Waals surface area contributed by atoms with Crippen molar-refractivity contribution in [1.82, 2.24) is 15.2 Å². The Bertz CT molecular complexity index is 882. The Morgan fingerprint density at radius 1 is 1.24 bits per heavy atom. The molecule has 1 amide bonds. The Kier molecular flexibility index (Phi) is 5.40. The summed E-state index contributed by atoms with van der Waals surface area (Å²) in [6, 6.07) is 14.2. The van der Waals surface area contributed by atoms with Gasteiger partial charge in [-0.05, 0) is 43.3 Å². The Morgan fingerprint density at radius 3 is 2.68 bits per heavy atom. The topological polar surface area (TPSA) is 90.9 Å². The van der Waals surface area contributed by atoms with E-state index in [4.69, 9.17) is 0 Å². The first-order valence-electron chi connectivity index (χ1n) is 7.47. The van der Waals surface area contributed by atoms with Gasteiger partial charge in [0, 0.05) is 10.2 Å². The van der Waals surface area contributed by atoms with Crippen molar-refractivity contribution in [3.8, 4) is 17.1 Å². The fourth-order valence-corrected chi connectivity index (χ4v) is 3.07. The largest absolute Gasteiger partial charge is 0.507 e. The number of carbonyl (C=O) groups excluding carboxylic acids is 1. The number of nitrogens with zero attached hydrogens (tertiary/aromatic N) is 2. The second-order valence-electron chi connectivity index (χ2n) is 5.24. The molecule has 6 nitrogen and oxygen atoms in total. The van der Waals surface area contributed by atoms with Gasteiger partial charge in [0.2, 0.25) is 11.1 Å². The van der Waals surface area contributed by atoms with Crippen LogP contribution in [0.25, 0.3) is 11.4 Å². The number of thioether (sulfide) groups is 1. The number of H-pyrrole nitrogens is 1. The number of halogens is 1. The molecule has 0 aliphatic carbocycles. The number of hydrogen-bond acceptors (Lipinski definition) is 5. The molecule has 128 valence electrons. The Hall–Kier alpha value is -2.32. The first-order valence-corrected chi connectivity index (χ1v) is 9.14. The van der Waals surface area contributed by atoms with E-state index in [1.807, 2.05) is 24.3 Å². The highest BCUT2D eigenvalue weighted by atomic mass is 79.9. The zero-order valence-corrected chi connectivity index (χ0v) is 15.6. The average Bonchev–Trinajstić information content (AvgIpc) is 3.05. The summed E-state index contributed by atoms with van der Waals surface area (Å²) in [6.45, 7) is 1.79. The van der Waals surface area contributed by atoms with Crippen molar-refractivity contribution in [2.24, 2.45) is 0 Å². The predicted molar refractivity (Wildman–Crippen MR) is 102 cm³/mol. The molecule has 3 aromatic rings. The Balaban J connectivity index is 1.65. The van der Waals surface area contributed by atoms with Crippen LogP contribution in [-0.2, 0) is 4.79 Å². The second kappa shape index (κ2) is 7.71. The van der Waals surface area contributed by atoms with Gasteiger partial charge in [-0.2, -0.15) is 0 Å². The molecule has 0 saturated carbocycles. The molecule has 0 saturated heterocycles. The van der Waals surface area contributed by atoms with Crippen molar-refractivity contribution in [3.05, 3.63) is 53.0 Å². The molecule has 0 aliphatic rings. The summed E-state index contributed by atoms with van der Waals surface area (Å²) in [5.41, 5.74) is 1.29. The van der Waals surface area contributed by atoms with Gasteiger partial charge in [0.05, 0.1) is 10.8 Å². The zero-order valence-electron chi connectivity index (χ0n) is 13.2. The standard InChI is InChI=1S/C17H15BrN4O2S/c1-10(16(24)19-12-8-6-11(18)7-9-12)25-17-20-15(21-22-17)13-4-2-3-5-14(13)23/h2-10,23H,1H3,(H,19,24)(H,20,21,22). The summed E-state index contributed by atoms with van der Waals surface area (Å²) < 4.78 is 0.949. The van der Waals surface area contributed by atoms with E-state index in [0.29, 0.717) is 16.5 Å². The summed E-state index contributed by atoms with van der Waals surface area (Å²) in [5.74, 6) is 0.443. The fourth-order valence-electron chi connectivity index (χ4n) is 2.08. The molecule has 0 spiro atoms. The van der Waals surface area contributed by atoms with Crippen LogP contribution in [-0.4, -0.2) is 31.4 Å². The van der Waals surface area contributed by atoms with Gasteiger partial charge in [0.25, 0.3) is 0 Å². The van der Waals surface area contributed by atoms with E-state index in [1.54, 1.807) is 31.2 Å². The van der Waals surface area contributed by atoms with E-state index < -0.39 is 0 Å². The number of amides is 1. The lowest BCUT2D eigenvalue weighted by atomic mass is 10.2. The third-order valence-electron chi connectivity index (χ3n) is 3.39. The van der Waals surface area contributed by atoms with Crippen molar-refractivity contribution in [1.29, 1.82) is 0 Å². The van der Waals surface area contributed by atoms with Crippen LogP contribution in [0.1, 0.15) is 6.92 Å². The lowest BCUT2D eigenvalue weighted by Crippen LogP contribution is -2.22. The number of aromatic amines is 1. The predicted octanol–water partition coefficient (Wildman–Crippen LogP) is 4.06. The van der Waals surface area contributed by atoms with E-state index in [-0.39, 0.29) is 16.9 Å². The van der Waals surface area contributed by atoms with Crippen molar-refractivity contribution in [2.75, 3.05) is 5.32 Å². The highest BCUT2D eigenvalue weighted by Gasteiger charge is 2.18. The Morgan fingerprint density at radius 2 is 1.96 bits per heavy atom. The molecule has 1 unspecified atom stereocenters. The van der Waals surface area contributed by atoms with Crippen molar-refractivity contribution in [3.63, 3.8) is 0 Å². The smallest absolute Gasteiger partial charge is 0.237 e. The van der Waals surface area contributed by atoms with Gasteiger partial charge in [0.15, 0.2) is 5.82 Å². The maximum Gasteiger partial charge on any atom is 0.237 e. The molecule has 25 heavy (non-hydrogen) atoms. The number of hydrogen-bond donors (Lipinski definition) is 3. The normalized spacial score (nSPS) is 11.9. The van der Waals surface area contributed by atoms with E-state index >= 15 is 0 Å². The molecular formula is C17H15BrN4O2S. The summed E-state index contributed by atoms with van der Waals surface area (Å²) in [4.78, 5) is 16.6. The highest BCUT2D eigenvalue weighted by Crippen LogP contribution is 2.28. The van der Waals surface area contributed by atoms with Gasteiger partial charge >= 0.3 is 0 Å². The molecule has 1 heterocycles. The number of para-hydroxylation sites is 1. The average molecular weight is 419 g/mol. The SMILES string of the molecule is CC(Sc1n[nH]c(-c2ccccc2O)n1)C(=O)Nc1ccc(Br)cc1. The number of phenolic OH excluding ortho intramolecular Hbond substituents is 1. The maximum absolute atomic E-state index is 12.3. The minimum atomic E-state index is -0.378. The van der Waals surface area contributed by atoms with Crippen molar-refractivity contribution < 1.29 is 9.90 Å². The quantitative estimate of drug-likeness (QED) is 0.543. The van der Waals surface area contributed by atoms with Gasteiger partial charge < -0.3 is 10.4 Å². The number of rotatable bonds is 5. The monoisotopic (exact) mass is 418 g/mol. The molecule has 2 aromatic carbocycles. The number of benzene rings is 2. The van der Waals surface area contributed by atoms with Gasteiger partial charge in [-0.3, -0.25) is 9.89 Å². The van der Waals surface area contributed by atoms with Crippen LogP contribution in [0.2, 0.25) is 0 Å². The van der Waals surface area contributed by atoms with Crippen LogP contribution in [0.5, 0.6) is 5.75 Å². The minimum Gasteiger partial charge on any atom is -0.507 e. The fraction of sp³-hybridized carbons (Fsp3) is 0.118. The molecule has 1 aromatic heterocycles. The van der Waals surface area contributed by atoms with Crippen LogP contribution in [0.3, 0.4) is 0 Å². The van der Waals surface area contributed by atoms with E-state index in [1.165, 1.54) is 11.8 Å². The number of carbonyl (C=O) groups is 1. The third-order valence-corrected chi connectivity index (χ3v) is 4.88. The minimum absolute atomic E-state index is 0.122. The molecule has 8 heteroatoms. The molecular weight excluding hydrogens is 404 g/mol. The van der Waals surface area contributed by atoms with Gasteiger partial charge in [0.1, 0.15) is 5.75 Å². The van der Waals surface area contributed by atoms with Crippen molar-refractivity contribution >= 4 is 39.3 Å². The molecule has 0 radical (unpaired) electrons. The van der Waals surface area contributed by atoms with Crippen LogP contribution in [0.4, 0.5) is 5.69 Å². The lowest BCUT2D eigenvalue weighted by Gasteiger charge is -2.10. The zero-order chi connectivity index (χ0) is 17.8. The van der Waals surface area contributed by atoms with Crippen molar-refractivity contribution in [2.45, 2.75) is 17.3 Å². The van der Waals surface area contributed by atoms with Crippen LogP contribution < -0.4 is 5.32 Å². The van der Waals surface area contributed by atoms with Crippen LogP contribution in [0.15, 0.2) is 58.2 Å². The van der Waals surface area contributed by atoms with E-state index in [2.05, 4.69) is 36.4 Å². The summed E-state index contributed by atoms with van der Waals surface area (Å²) in [7, 11) is 0. The molecule has 0 fully saturated rings. The second-order valence-corrected chi connectivity index (χ2v) is 7.46. The van der Waals surface area contributed by atoms with Gasteiger partial charge in [-0.25, -0.2) is 4.98 Å². The number of aromatic nitrogens is 3. The first kappa shape index (κ1) is 17.5.